The lowest BCUT2D eigenvalue weighted by atomic mass is 9.95. The van der Waals surface area contributed by atoms with Crippen LogP contribution in [0, 0.1) is 0 Å². The molecule has 0 N–H and O–H groups in total. The van der Waals surface area contributed by atoms with Crippen LogP contribution in [0.1, 0.15) is 0 Å². The topological polar surface area (TPSA) is 0 Å². The van der Waals surface area contributed by atoms with Crippen LogP contribution < -0.4 is 0 Å². The molecule has 8 aromatic rings. The van der Waals surface area contributed by atoms with E-state index in [-0.39, 0.29) is 0 Å². The van der Waals surface area contributed by atoms with E-state index in [1.807, 2.05) is 56.7 Å². The van der Waals surface area contributed by atoms with Crippen LogP contribution in [0.2, 0.25) is 0 Å². The summed E-state index contributed by atoms with van der Waals surface area (Å²) in [5.74, 6) is 0. The lowest BCUT2D eigenvalue weighted by Gasteiger charge is -2.11. The van der Waals surface area contributed by atoms with Gasteiger partial charge in [0.2, 0.25) is 0 Å². The first-order valence-corrected chi connectivity index (χ1v) is 17.0. The molecule has 0 aliphatic heterocycles. The van der Waals surface area contributed by atoms with Gasteiger partial charge in [0.1, 0.15) is 0 Å². The zero-order valence-corrected chi connectivity index (χ0v) is 24.7. The first-order chi connectivity index (χ1) is 19.3. The van der Waals surface area contributed by atoms with Crippen LogP contribution in [-0.2, 0) is 0 Å². The lowest BCUT2D eigenvalue weighted by Crippen LogP contribution is -1.84. The smallest absolute Gasteiger partial charge is 0.0535 e. The van der Waals surface area contributed by atoms with E-state index < -0.39 is 0 Å². The Kier molecular flexibility index (Phi) is 5.86. The molecule has 0 nitrogen and oxygen atoms in total. The Morgan fingerprint density at radius 3 is 1.67 bits per heavy atom. The average Bonchev–Trinajstić information content (AvgIpc) is 3.79. The SMILES string of the molecule is c1csc(-c2ccsc2-c2ccsc2-c2ccsc2-c2sccc2-c2cccc3cc4ccccc4cc23)c1. The van der Waals surface area contributed by atoms with Crippen LogP contribution in [0.3, 0.4) is 0 Å². The second kappa shape index (κ2) is 9.70. The number of hydrogen-bond acceptors (Lipinski definition) is 5. The molecule has 3 aromatic carbocycles. The van der Waals surface area contributed by atoms with Gasteiger partial charge in [-0.05, 0) is 96.5 Å². The predicted molar refractivity (Wildman–Crippen MR) is 178 cm³/mol. The summed E-state index contributed by atoms with van der Waals surface area (Å²) in [5, 5.41) is 16.3. The van der Waals surface area contributed by atoms with Crippen molar-refractivity contribution in [2.45, 2.75) is 0 Å². The molecule has 0 saturated carbocycles. The van der Waals surface area contributed by atoms with Gasteiger partial charge in [-0.2, -0.15) is 0 Å². The van der Waals surface area contributed by atoms with E-state index in [4.69, 9.17) is 0 Å². The molecule has 5 heteroatoms. The van der Waals surface area contributed by atoms with Gasteiger partial charge < -0.3 is 0 Å². The van der Waals surface area contributed by atoms with Gasteiger partial charge in [-0.1, -0.05) is 48.5 Å². The molecule has 0 saturated heterocycles. The summed E-state index contributed by atoms with van der Waals surface area (Å²) in [6.45, 7) is 0. The van der Waals surface area contributed by atoms with Gasteiger partial charge in [0.15, 0.2) is 0 Å². The largest absolute Gasteiger partial charge is 0.144 e. The fourth-order valence-corrected chi connectivity index (χ4v) is 10.2. The van der Waals surface area contributed by atoms with E-state index in [1.54, 1.807) is 0 Å². The summed E-state index contributed by atoms with van der Waals surface area (Å²) in [7, 11) is 0. The van der Waals surface area contributed by atoms with Gasteiger partial charge in [-0.25, -0.2) is 0 Å². The second-order valence-corrected chi connectivity index (χ2v) is 14.0. The molecule has 0 fully saturated rings. The van der Waals surface area contributed by atoms with Crippen LogP contribution in [0.5, 0.6) is 0 Å². The molecular weight excluding hydrogens is 569 g/mol. The Hall–Kier alpha value is -3.32. The summed E-state index contributed by atoms with van der Waals surface area (Å²) in [4.78, 5) is 6.76. The van der Waals surface area contributed by atoms with Crippen LogP contribution in [0.25, 0.3) is 73.7 Å². The van der Waals surface area contributed by atoms with Crippen molar-refractivity contribution in [2.75, 3.05) is 0 Å². The molecule has 5 heterocycles. The third-order valence-electron chi connectivity index (χ3n) is 7.18. The highest BCUT2D eigenvalue weighted by atomic mass is 32.1. The van der Waals surface area contributed by atoms with Crippen molar-refractivity contribution in [3.63, 3.8) is 0 Å². The Bertz CT molecular complexity index is 2080. The van der Waals surface area contributed by atoms with Gasteiger partial charge in [-0.15, -0.1) is 56.7 Å². The third-order valence-corrected chi connectivity index (χ3v) is 12.0. The average molecular weight is 589 g/mol. The van der Waals surface area contributed by atoms with Crippen LogP contribution >= 0.6 is 56.7 Å². The number of hydrogen-bond donors (Lipinski definition) is 0. The molecule has 0 bridgehead atoms. The molecule has 0 spiro atoms. The standard InChI is InChI=1S/C34H20S5/c1-2-6-22-20-29-23(19-21(22)5-1)7-3-8-24(29)25-10-15-38-33(25)34-28(13-18-39-34)32-27(12-17-37-32)31-26(11-16-36-31)30-9-4-14-35-30/h1-20H. The first kappa shape index (κ1) is 23.6. The van der Waals surface area contributed by atoms with Crippen molar-refractivity contribution < 1.29 is 0 Å². The summed E-state index contributed by atoms with van der Waals surface area (Å²) in [6, 6.07) is 33.6. The highest BCUT2D eigenvalue weighted by Crippen LogP contribution is 2.51. The second-order valence-electron chi connectivity index (χ2n) is 9.36. The van der Waals surface area contributed by atoms with E-state index in [2.05, 4.69) is 118 Å². The maximum atomic E-state index is 2.36. The quantitative estimate of drug-likeness (QED) is 0.175. The normalized spacial score (nSPS) is 11.6. The van der Waals surface area contributed by atoms with E-state index in [0.717, 1.165) is 0 Å². The minimum Gasteiger partial charge on any atom is -0.144 e. The molecule has 186 valence electrons. The van der Waals surface area contributed by atoms with E-state index in [1.165, 1.54) is 73.7 Å². The van der Waals surface area contributed by atoms with Crippen molar-refractivity contribution in [1.29, 1.82) is 0 Å². The fraction of sp³-hybridized carbons (Fsp3) is 0. The molecule has 0 atom stereocenters. The van der Waals surface area contributed by atoms with Crippen LogP contribution in [-0.4, -0.2) is 0 Å². The van der Waals surface area contributed by atoms with Gasteiger partial charge >= 0.3 is 0 Å². The summed E-state index contributed by atoms with van der Waals surface area (Å²) in [6.07, 6.45) is 0. The van der Waals surface area contributed by atoms with Crippen molar-refractivity contribution >= 4 is 78.2 Å². The zero-order chi connectivity index (χ0) is 25.8. The predicted octanol–water partition coefficient (Wildman–Crippen LogP) is 12.6. The summed E-state index contributed by atoms with van der Waals surface area (Å²) >= 11 is 9.21. The molecule has 5 aromatic heterocycles. The van der Waals surface area contributed by atoms with Crippen molar-refractivity contribution in [1.82, 2.24) is 0 Å². The molecule has 0 aliphatic rings. The number of fused-ring (bicyclic) bond motifs is 2. The number of benzene rings is 3. The molecule has 0 unspecified atom stereocenters. The Labute approximate surface area is 246 Å². The highest BCUT2D eigenvalue weighted by molar-refractivity contribution is 7.22. The van der Waals surface area contributed by atoms with Gasteiger partial charge in [0.25, 0.3) is 0 Å². The maximum Gasteiger partial charge on any atom is 0.0535 e. The number of thiophene rings is 5. The monoisotopic (exact) mass is 588 g/mol. The van der Waals surface area contributed by atoms with Crippen LogP contribution in [0.15, 0.2) is 118 Å². The van der Waals surface area contributed by atoms with Crippen molar-refractivity contribution in [2.24, 2.45) is 0 Å². The van der Waals surface area contributed by atoms with E-state index in [0.29, 0.717) is 0 Å². The number of rotatable bonds is 5. The summed E-state index contributed by atoms with van der Waals surface area (Å²) in [5.41, 5.74) is 6.64. The third kappa shape index (κ3) is 3.96. The molecule has 0 amide bonds. The Balaban J connectivity index is 1.28. The first-order valence-electron chi connectivity index (χ1n) is 12.6. The van der Waals surface area contributed by atoms with Crippen LogP contribution in [0.4, 0.5) is 0 Å². The molecular formula is C34H20S5. The Morgan fingerprint density at radius 2 is 0.923 bits per heavy atom. The fourth-order valence-electron chi connectivity index (χ4n) is 5.40. The van der Waals surface area contributed by atoms with Crippen molar-refractivity contribution in [3.8, 4) is 52.2 Å². The van der Waals surface area contributed by atoms with E-state index in [9.17, 15) is 0 Å². The van der Waals surface area contributed by atoms with Crippen molar-refractivity contribution in [3.05, 3.63) is 118 Å². The van der Waals surface area contributed by atoms with Gasteiger partial charge in [-0.3, -0.25) is 0 Å². The van der Waals surface area contributed by atoms with Gasteiger partial charge in [0, 0.05) is 36.9 Å². The Morgan fingerprint density at radius 1 is 0.333 bits per heavy atom. The zero-order valence-electron chi connectivity index (χ0n) is 20.6. The molecule has 0 radical (unpaired) electrons. The molecule has 39 heavy (non-hydrogen) atoms. The van der Waals surface area contributed by atoms with E-state index >= 15 is 0 Å². The minimum atomic E-state index is 1.28. The molecule has 0 aliphatic carbocycles. The van der Waals surface area contributed by atoms with Gasteiger partial charge in [0.05, 0.1) is 9.75 Å². The maximum absolute atomic E-state index is 2.36. The minimum absolute atomic E-state index is 1.28. The summed E-state index contributed by atoms with van der Waals surface area (Å²) < 4.78 is 0. The lowest BCUT2D eigenvalue weighted by molar-refractivity contribution is 1.73. The highest BCUT2D eigenvalue weighted by Gasteiger charge is 2.21. The molecule has 8 rings (SSSR count).